The maximum Gasteiger partial charge on any atom is 0.309 e. The van der Waals surface area contributed by atoms with E-state index in [2.05, 4.69) is 4.98 Å². The summed E-state index contributed by atoms with van der Waals surface area (Å²) in [6, 6.07) is 4.85. The smallest absolute Gasteiger partial charge is 0.309 e. The second-order valence-electron chi connectivity index (χ2n) is 4.03. The maximum atomic E-state index is 10.8. The van der Waals surface area contributed by atoms with Crippen molar-refractivity contribution in [3.63, 3.8) is 0 Å². The van der Waals surface area contributed by atoms with E-state index in [4.69, 9.17) is 63.1 Å². The monoisotopic (exact) mass is 383 g/mol. The molecule has 110 valence electrons. The Balaban J connectivity index is 2.65. The summed E-state index contributed by atoms with van der Waals surface area (Å²) in [7, 11) is 0. The molecule has 0 aliphatic rings. The molecule has 0 fully saturated rings. The lowest BCUT2D eigenvalue weighted by atomic mass is 10.1. The van der Waals surface area contributed by atoms with Gasteiger partial charge in [0.1, 0.15) is 0 Å². The van der Waals surface area contributed by atoms with Gasteiger partial charge in [-0.15, -0.1) is 0 Å². The number of carboxylic acid groups (broad SMARTS) is 1. The second kappa shape index (κ2) is 6.59. The minimum absolute atomic E-state index is 0.0544. The van der Waals surface area contributed by atoms with Crippen LogP contribution >= 0.6 is 58.0 Å². The molecule has 0 unspecified atom stereocenters. The summed E-state index contributed by atoms with van der Waals surface area (Å²) in [6.07, 6.45) is -0.224. The summed E-state index contributed by atoms with van der Waals surface area (Å²) in [6.45, 7) is 0. The molecule has 8 heteroatoms. The fourth-order valence-corrected chi connectivity index (χ4v) is 3.03. The van der Waals surface area contributed by atoms with Crippen LogP contribution in [0.2, 0.25) is 25.1 Å². The average molecular weight is 385 g/mol. The molecule has 0 saturated carbocycles. The van der Waals surface area contributed by atoms with E-state index >= 15 is 0 Å². The third kappa shape index (κ3) is 3.38. The largest absolute Gasteiger partial charge is 0.481 e. The zero-order valence-corrected chi connectivity index (χ0v) is 13.9. The van der Waals surface area contributed by atoms with Crippen molar-refractivity contribution in [2.75, 3.05) is 0 Å². The zero-order valence-electron chi connectivity index (χ0n) is 10.1. The molecule has 2 aromatic rings. The number of halogens is 5. The highest BCUT2D eigenvalue weighted by Gasteiger charge is 2.21. The van der Waals surface area contributed by atoms with Crippen LogP contribution in [0.15, 0.2) is 18.2 Å². The van der Waals surface area contributed by atoms with Crippen LogP contribution in [0.3, 0.4) is 0 Å². The minimum Gasteiger partial charge on any atom is -0.481 e. The van der Waals surface area contributed by atoms with Gasteiger partial charge in [-0.2, -0.15) is 0 Å². The highest BCUT2D eigenvalue weighted by Crippen LogP contribution is 2.47. The van der Waals surface area contributed by atoms with E-state index < -0.39 is 5.97 Å². The Kier molecular flexibility index (Phi) is 5.23. The van der Waals surface area contributed by atoms with Crippen LogP contribution in [-0.4, -0.2) is 16.1 Å². The van der Waals surface area contributed by atoms with Gasteiger partial charge in [-0.3, -0.25) is 9.78 Å². The molecule has 0 radical (unpaired) electrons. The highest BCUT2D eigenvalue weighted by molar-refractivity contribution is 6.56. The summed E-state index contributed by atoms with van der Waals surface area (Å²) in [5, 5.41) is 9.21. The van der Waals surface area contributed by atoms with Gasteiger partial charge in [0.15, 0.2) is 0 Å². The van der Waals surface area contributed by atoms with Crippen LogP contribution < -0.4 is 0 Å². The van der Waals surface area contributed by atoms with Crippen LogP contribution in [0.4, 0.5) is 0 Å². The van der Waals surface area contributed by atoms with Gasteiger partial charge >= 0.3 is 5.97 Å². The molecule has 1 aromatic heterocycles. The molecule has 0 amide bonds. The number of carboxylic acids is 1. The molecule has 3 nitrogen and oxygen atoms in total. The Hall–Kier alpha value is -0.710. The predicted octanol–water partition coefficient (Wildman–Crippen LogP) is 5.64. The van der Waals surface area contributed by atoms with Crippen molar-refractivity contribution in [2.24, 2.45) is 0 Å². The maximum absolute atomic E-state index is 10.8. The number of carbonyl (C=O) groups is 1. The lowest BCUT2D eigenvalue weighted by molar-refractivity contribution is -0.136. The van der Waals surface area contributed by atoms with Crippen LogP contribution in [0.5, 0.6) is 0 Å². The van der Waals surface area contributed by atoms with Gasteiger partial charge in [0.05, 0.1) is 42.9 Å². The van der Waals surface area contributed by atoms with Crippen molar-refractivity contribution < 1.29 is 9.90 Å². The van der Waals surface area contributed by atoms with Gasteiger partial charge in [0, 0.05) is 5.56 Å². The van der Waals surface area contributed by atoms with Crippen molar-refractivity contribution in [3.05, 3.63) is 49.0 Å². The Labute approximate surface area is 145 Å². The van der Waals surface area contributed by atoms with Crippen molar-refractivity contribution in [1.29, 1.82) is 0 Å². The minimum atomic E-state index is -0.996. The number of aromatic nitrogens is 1. The van der Waals surface area contributed by atoms with E-state index in [0.717, 1.165) is 0 Å². The molecule has 0 aliphatic carbocycles. The molecule has 1 aromatic carbocycles. The summed E-state index contributed by atoms with van der Waals surface area (Å²) >= 11 is 30.2. The Morgan fingerprint density at radius 1 is 0.952 bits per heavy atom. The molecule has 1 heterocycles. The Morgan fingerprint density at radius 3 is 2.00 bits per heavy atom. The quantitative estimate of drug-likeness (QED) is 0.549. The van der Waals surface area contributed by atoms with Gasteiger partial charge in [-0.25, -0.2) is 0 Å². The van der Waals surface area contributed by atoms with Gasteiger partial charge in [-0.1, -0.05) is 64.1 Å². The standard InChI is InChI=1S/C13H6Cl5NO2/c14-9-8(10(15)12(17)13(18)11(9)16)6-3-1-2-5(19-6)4-7(20)21/h1-3H,4H2,(H,20,21). The number of pyridine rings is 1. The fraction of sp³-hybridized carbons (Fsp3) is 0.0769. The fourth-order valence-electron chi connectivity index (χ4n) is 1.70. The van der Waals surface area contributed by atoms with E-state index in [1.165, 1.54) is 0 Å². The SMILES string of the molecule is O=C(O)Cc1cccc(-c2c(Cl)c(Cl)c(Cl)c(Cl)c2Cl)n1. The second-order valence-corrected chi connectivity index (χ2v) is 5.92. The van der Waals surface area contributed by atoms with Gasteiger partial charge in [0.2, 0.25) is 0 Å². The molecule has 0 aliphatic heterocycles. The van der Waals surface area contributed by atoms with Crippen molar-refractivity contribution in [1.82, 2.24) is 4.98 Å². The first-order valence-electron chi connectivity index (χ1n) is 5.52. The first-order valence-corrected chi connectivity index (χ1v) is 7.41. The third-order valence-electron chi connectivity index (χ3n) is 2.61. The first-order chi connectivity index (χ1) is 9.82. The van der Waals surface area contributed by atoms with E-state index in [0.29, 0.717) is 17.0 Å². The molecule has 1 N–H and O–H groups in total. The molecule has 0 spiro atoms. The molecule has 21 heavy (non-hydrogen) atoms. The van der Waals surface area contributed by atoms with E-state index in [1.807, 2.05) is 0 Å². The van der Waals surface area contributed by atoms with Crippen molar-refractivity contribution in [2.45, 2.75) is 6.42 Å². The van der Waals surface area contributed by atoms with Crippen molar-refractivity contribution in [3.8, 4) is 11.3 Å². The molecular weight excluding hydrogens is 379 g/mol. The summed E-state index contributed by atoms with van der Waals surface area (Å²) < 4.78 is 0. The molecule has 0 atom stereocenters. The summed E-state index contributed by atoms with van der Waals surface area (Å²) in [5.74, 6) is -0.996. The summed E-state index contributed by atoms with van der Waals surface area (Å²) in [4.78, 5) is 15.0. The van der Waals surface area contributed by atoms with Crippen LogP contribution in [0, 0.1) is 0 Å². The topological polar surface area (TPSA) is 50.2 Å². The predicted molar refractivity (Wildman–Crippen MR) is 86.1 cm³/mol. The van der Waals surface area contributed by atoms with Crippen LogP contribution in [0.1, 0.15) is 5.69 Å². The lowest BCUT2D eigenvalue weighted by Gasteiger charge is -2.12. The van der Waals surface area contributed by atoms with Crippen LogP contribution in [0.25, 0.3) is 11.3 Å². The summed E-state index contributed by atoms with van der Waals surface area (Å²) in [5.41, 5.74) is 1.03. The van der Waals surface area contributed by atoms with Gasteiger partial charge in [0.25, 0.3) is 0 Å². The first kappa shape index (κ1) is 16.7. The van der Waals surface area contributed by atoms with E-state index in [1.54, 1.807) is 18.2 Å². The van der Waals surface area contributed by atoms with Gasteiger partial charge in [-0.05, 0) is 12.1 Å². The van der Waals surface area contributed by atoms with Crippen LogP contribution in [-0.2, 0) is 11.2 Å². The Morgan fingerprint density at radius 2 is 1.48 bits per heavy atom. The number of rotatable bonds is 3. The highest BCUT2D eigenvalue weighted by atomic mass is 35.5. The zero-order chi connectivity index (χ0) is 15.7. The van der Waals surface area contributed by atoms with E-state index in [-0.39, 0.29) is 31.5 Å². The third-order valence-corrected chi connectivity index (χ3v) is 4.88. The Bertz CT molecular complexity index is 704. The van der Waals surface area contributed by atoms with E-state index in [9.17, 15) is 4.79 Å². The number of hydrogen-bond acceptors (Lipinski definition) is 2. The number of aliphatic carboxylic acids is 1. The normalized spacial score (nSPS) is 10.7. The molecule has 0 bridgehead atoms. The number of nitrogens with zero attached hydrogens (tertiary/aromatic N) is 1. The number of benzene rings is 1. The van der Waals surface area contributed by atoms with Crippen molar-refractivity contribution >= 4 is 64.0 Å². The lowest BCUT2D eigenvalue weighted by Crippen LogP contribution is -2.03. The molecule has 0 saturated heterocycles. The van der Waals surface area contributed by atoms with Gasteiger partial charge < -0.3 is 5.11 Å². The molecular formula is C13H6Cl5NO2. The number of hydrogen-bond donors (Lipinski definition) is 1. The average Bonchev–Trinajstić information content (AvgIpc) is 2.43. The molecule has 2 rings (SSSR count).